The Hall–Kier alpha value is -3.94. The van der Waals surface area contributed by atoms with Crippen molar-refractivity contribution >= 4 is 27.7 Å². The van der Waals surface area contributed by atoms with Crippen LogP contribution in [0.4, 0.5) is 0 Å². The monoisotopic (exact) mass is 432 g/mol. The second-order valence-electron chi connectivity index (χ2n) is 7.32. The van der Waals surface area contributed by atoms with Crippen LogP contribution in [-0.4, -0.2) is 33.2 Å². The second kappa shape index (κ2) is 9.47. The lowest BCUT2D eigenvalue weighted by atomic mass is 10.2. The van der Waals surface area contributed by atoms with E-state index >= 15 is 0 Å². The number of ether oxygens (including phenoxy) is 1. The molecule has 164 valence electrons. The first-order chi connectivity index (χ1) is 15.6. The zero-order valence-corrected chi connectivity index (χ0v) is 17.8. The maximum absolute atomic E-state index is 12.7. The molecule has 8 heteroatoms. The third-order valence-corrected chi connectivity index (χ3v) is 5.25. The molecule has 0 unspecified atom stereocenters. The molecule has 0 saturated carbocycles. The Kier molecular flexibility index (Phi) is 6.30. The summed E-state index contributed by atoms with van der Waals surface area (Å²) in [6.45, 7) is 2.63. The molecule has 4 rings (SSSR count). The third-order valence-electron chi connectivity index (χ3n) is 5.25. The highest BCUT2D eigenvalue weighted by molar-refractivity contribution is 5.84. The van der Waals surface area contributed by atoms with E-state index in [9.17, 15) is 14.4 Å². The number of hydrogen-bond acceptors (Lipinski definition) is 5. The number of aromatic nitrogens is 3. The molecule has 0 fully saturated rings. The van der Waals surface area contributed by atoms with E-state index in [1.165, 1.54) is 4.57 Å². The van der Waals surface area contributed by atoms with Crippen molar-refractivity contribution in [2.45, 2.75) is 26.4 Å². The van der Waals surface area contributed by atoms with Crippen LogP contribution in [0.25, 0.3) is 21.8 Å². The van der Waals surface area contributed by atoms with E-state index in [0.29, 0.717) is 36.2 Å². The SMILES string of the molecule is CCn1c(=O)c2ccccc2n(CC(=O)NCCCOc2cccc3cccnc23)c1=O. The van der Waals surface area contributed by atoms with E-state index in [-0.39, 0.29) is 24.6 Å². The summed E-state index contributed by atoms with van der Waals surface area (Å²) in [6, 6.07) is 16.4. The minimum absolute atomic E-state index is 0.159. The number of fused-ring (bicyclic) bond motifs is 2. The standard InChI is InChI=1S/C24H24N4O4/c1-2-27-23(30)18-10-3-4-11-19(18)28(24(27)31)16-21(29)25-14-7-15-32-20-12-5-8-17-9-6-13-26-22(17)20/h3-6,8-13H,2,7,14-16H2,1H3,(H,25,29). The summed E-state index contributed by atoms with van der Waals surface area (Å²) in [5.74, 6) is 0.402. The van der Waals surface area contributed by atoms with Gasteiger partial charge in [0.25, 0.3) is 5.56 Å². The van der Waals surface area contributed by atoms with E-state index in [1.54, 1.807) is 37.4 Å². The van der Waals surface area contributed by atoms with Crippen molar-refractivity contribution in [3.63, 3.8) is 0 Å². The zero-order chi connectivity index (χ0) is 22.5. The minimum Gasteiger partial charge on any atom is -0.491 e. The maximum Gasteiger partial charge on any atom is 0.331 e. The number of rotatable bonds is 8. The highest BCUT2D eigenvalue weighted by Gasteiger charge is 2.14. The van der Waals surface area contributed by atoms with Gasteiger partial charge in [-0.2, -0.15) is 0 Å². The third kappa shape index (κ3) is 4.25. The van der Waals surface area contributed by atoms with Crippen molar-refractivity contribution in [2.75, 3.05) is 13.2 Å². The quantitative estimate of drug-likeness (QED) is 0.431. The molecule has 8 nitrogen and oxygen atoms in total. The fraction of sp³-hybridized carbons (Fsp3) is 0.250. The van der Waals surface area contributed by atoms with Crippen LogP contribution in [0, 0.1) is 0 Å². The van der Waals surface area contributed by atoms with E-state index in [0.717, 1.165) is 15.5 Å². The average Bonchev–Trinajstić information content (AvgIpc) is 2.82. The Morgan fingerprint density at radius 2 is 1.84 bits per heavy atom. The molecule has 1 amide bonds. The molecular weight excluding hydrogens is 408 g/mol. The molecule has 32 heavy (non-hydrogen) atoms. The maximum atomic E-state index is 12.7. The van der Waals surface area contributed by atoms with Crippen molar-refractivity contribution in [1.82, 2.24) is 19.4 Å². The van der Waals surface area contributed by atoms with Gasteiger partial charge < -0.3 is 10.1 Å². The van der Waals surface area contributed by atoms with E-state index in [2.05, 4.69) is 10.3 Å². The van der Waals surface area contributed by atoms with Gasteiger partial charge in [0.1, 0.15) is 17.8 Å². The molecule has 0 radical (unpaired) electrons. The van der Waals surface area contributed by atoms with E-state index in [4.69, 9.17) is 4.74 Å². The van der Waals surface area contributed by atoms with E-state index in [1.807, 2.05) is 30.3 Å². The van der Waals surface area contributed by atoms with Crippen LogP contribution in [0.2, 0.25) is 0 Å². The predicted octanol–water partition coefficient (Wildman–Crippen LogP) is 2.32. The van der Waals surface area contributed by atoms with Crippen molar-refractivity contribution in [2.24, 2.45) is 0 Å². The number of amides is 1. The fourth-order valence-electron chi connectivity index (χ4n) is 3.68. The van der Waals surface area contributed by atoms with Crippen LogP contribution in [0.15, 0.2) is 70.4 Å². The Bertz CT molecular complexity index is 1390. The molecule has 0 saturated heterocycles. The van der Waals surface area contributed by atoms with Gasteiger partial charge in [-0.15, -0.1) is 0 Å². The first-order valence-electron chi connectivity index (χ1n) is 10.6. The Morgan fingerprint density at radius 3 is 2.69 bits per heavy atom. The van der Waals surface area contributed by atoms with Crippen molar-refractivity contribution in [3.8, 4) is 5.75 Å². The van der Waals surface area contributed by atoms with Crippen molar-refractivity contribution in [3.05, 3.63) is 81.6 Å². The van der Waals surface area contributed by atoms with Gasteiger partial charge in [0.05, 0.1) is 17.5 Å². The summed E-state index contributed by atoms with van der Waals surface area (Å²) in [4.78, 5) is 42.1. The van der Waals surface area contributed by atoms with Crippen molar-refractivity contribution < 1.29 is 9.53 Å². The molecule has 0 atom stereocenters. The summed E-state index contributed by atoms with van der Waals surface area (Å²) >= 11 is 0. The molecule has 0 aliphatic heterocycles. The number of pyridine rings is 1. The first-order valence-corrected chi connectivity index (χ1v) is 10.6. The number of hydrogen-bond donors (Lipinski definition) is 1. The summed E-state index contributed by atoms with van der Waals surface area (Å²) < 4.78 is 8.31. The Labute approximate surface area is 184 Å². The second-order valence-corrected chi connectivity index (χ2v) is 7.32. The van der Waals surface area contributed by atoms with Gasteiger partial charge in [-0.05, 0) is 37.6 Å². The molecule has 2 aromatic carbocycles. The number of carbonyl (C=O) groups excluding carboxylic acids is 1. The Balaban J connectivity index is 1.37. The molecule has 2 aromatic heterocycles. The number of nitrogens with one attached hydrogen (secondary N) is 1. The topological polar surface area (TPSA) is 95.2 Å². The van der Waals surface area contributed by atoms with Gasteiger partial charge in [0.2, 0.25) is 5.91 Å². The molecule has 4 aromatic rings. The lowest BCUT2D eigenvalue weighted by molar-refractivity contribution is -0.121. The van der Waals surface area contributed by atoms with Crippen LogP contribution >= 0.6 is 0 Å². The van der Waals surface area contributed by atoms with Crippen LogP contribution in [0.5, 0.6) is 5.75 Å². The molecule has 0 aliphatic carbocycles. The molecule has 0 spiro atoms. The van der Waals surface area contributed by atoms with Crippen LogP contribution < -0.4 is 21.3 Å². The number of para-hydroxylation sites is 2. The molecule has 0 bridgehead atoms. The van der Waals surface area contributed by atoms with Gasteiger partial charge >= 0.3 is 5.69 Å². The number of benzene rings is 2. The van der Waals surface area contributed by atoms with Gasteiger partial charge in [0.15, 0.2) is 0 Å². The van der Waals surface area contributed by atoms with Gasteiger partial charge in [-0.1, -0.05) is 30.3 Å². The van der Waals surface area contributed by atoms with Crippen LogP contribution in [0.1, 0.15) is 13.3 Å². The average molecular weight is 432 g/mol. The number of carbonyl (C=O) groups is 1. The fourth-order valence-corrected chi connectivity index (χ4v) is 3.68. The predicted molar refractivity (Wildman–Crippen MR) is 123 cm³/mol. The molecule has 0 aliphatic rings. The molecular formula is C24H24N4O4. The highest BCUT2D eigenvalue weighted by Crippen LogP contribution is 2.22. The summed E-state index contributed by atoms with van der Waals surface area (Å²) in [7, 11) is 0. The normalized spacial score (nSPS) is 11.0. The summed E-state index contributed by atoms with van der Waals surface area (Å²) in [5, 5.41) is 4.24. The Morgan fingerprint density at radius 1 is 1.03 bits per heavy atom. The lowest BCUT2D eigenvalue weighted by Crippen LogP contribution is -2.42. The summed E-state index contributed by atoms with van der Waals surface area (Å²) in [5.41, 5.74) is 0.424. The van der Waals surface area contributed by atoms with E-state index < -0.39 is 5.69 Å². The summed E-state index contributed by atoms with van der Waals surface area (Å²) in [6.07, 6.45) is 2.32. The van der Waals surface area contributed by atoms with Crippen molar-refractivity contribution in [1.29, 1.82) is 0 Å². The minimum atomic E-state index is -0.488. The van der Waals surface area contributed by atoms with Crippen LogP contribution in [-0.2, 0) is 17.9 Å². The van der Waals surface area contributed by atoms with Crippen LogP contribution in [0.3, 0.4) is 0 Å². The molecule has 1 N–H and O–H groups in total. The zero-order valence-electron chi connectivity index (χ0n) is 17.8. The number of nitrogens with zero attached hydrogens (tertiary/aromatic N) is 3. The van der Waals surface area contributed by atoms with Gasteiger partial charge in [-0.3, -0.25) is 23.7 Å². The highest BCUT2D eigenvalue weighted by atomic mass is 16.5. The van der Waals surface area contributed by atoms with Gasteiger partial charge in [-0.25, -0.2) is 4.79 Å². The first kappa shape index (κ1) is 21.3. The largest absolute Gasteiger partial charge is 0.491 e. The molecule has 2 heterocycles. The lowest BCUT2D eigenvalue weighted by Gasteiger charge is -2.13. The smallest absolute Gasteiger partial charge is 0.331 e. The van der Waals surface area contributed by atoms with Gasteiger partial charge in [0, 0.05) is 24.7 Å².